The number of carbonyl (C=O) groups excluding carboxylic acids is 3. The number of para-hydroxylation sites is 1. The maximum absolute atomic E-state index is 12.7. The quantitative estimate of drug-likeness (QED) is 0.524. The van der Waals surface area contributed by atoms with Gasteiger partial charge in [-0.15, -0.1) is 0 Å². The van der Waals surface area contributed by atoms with Crippen LogP contribution in [0, 0.1) is 6.92 Å². The minimum absolute atomic E-state index is 0.104. The van der Waals surface area contributed by atoms with E-state index in [0.29, 0.717) is 49.6 Å². The Hall–Kier alpha value is -3.91. The molecule has 0 saturated carbocycles. The monoisotopic (exact) mass is 474 g/mol. The molecule has 2 N–H and O–H groups in total. The first-order chi connectivity index (χ1) is 17.0. The average Bonchev–Trinajstić information content (AvgIpc) is 3.38. The Balaban J connectivity index is 1.25. The molecule has 35 heavy (non-hydrogen) atoms. The van der Waals surface area contributed by atoms with Gasteiger partial charge in [0.05, 0.1) is 37.0 Å². The van der Waals surface area contributed by atoms with Gasteiger partial charge in [0.15, 0.2) is 0 Å². The first kappa shape index (κ1) is 24.2. The van der Waals surface area contributed by atoms with Crippen molar-refractivity contribution < 1.29 is 18.8 Å². The normalized spacial score (nSPS) is 13.9. The Bertz CT molecular complexity index is 1150. The predicted molar refractivity (Wildman–Crippen MR) is 133 cm³/mol. The molecule has 1 aliphatic heterocycles. The molecule has 1 aromatic heterocycles. The van der Waals surface area contributed by atoms with Gasteiger partial charge in [0.2, 0.25) is 11.8 Å². The molecule has 2 heterocycles. The van der Waals surface area contributed by atoms with Crippen LogP contribution in [-0.4, -0.2) is 60.2 Å². The molecule has 3 amide bonds. The highest BCUT2D eigenvalue weighted by Crippen LogP contribution is 2.16. The summed E-state index contributed by atoms with van der Waals surface area (Å²) in [6, 6.07) is 18.5. The van der Waals surface area contributed by atoms with Gasteiger partial charge in [-0.3, -0.25) is 19.3 Å². The van der Waals surface area contributed by atoms with Crippen molar-refractivity contribution in [1.29, 1.82) is 0 Å². The maximum Gasteiger partial charge on any atom is 0.253 e. The van der Waals surface area contributed by atoms with Gasteiger partial charge in [-0.2, -0.15) is 0 Å². The van der Waals surface area contributed by atoms with E-state index in [1.165, 1.54) is 5.56 Å². The highest BCUT2D eigenvalue weighted by Gasteiger charge is 2.23. The third kappa shape index (κ3) is 6.80. The summed E-state index contributed by atoms with van der Waals surface area (Å²) in [6.45, 7) is 4.91. The SMILES string of the molecule is Cc1ccc(CC(=O)N2CCN(CC(=O)Nc3ccccc3C(=O)NCc3ccco3)CC2)cc1. The van der Waals surface area contributed by atoms with Crippen LogP contribution in [0.25, 0.3) is 0 Å². The molecule has 8 heteroatoms. The van der Waals surface area contributed by atoms with E-state index in [0.717, 1.165) is 5.56 Å². The largest absolute Gasteiger partial charge is 0.467 e. The summed E-state index contributed by atoms with van der Waals surface area (Å²) < 4.78 is 5.24. The zero-order chi connectivity index (χ0) is 24.6. The van der Waals surface area contributed by atoms with Gasteiger partial charge in [-0.05, 0) is 36.8 Å². The standard InChI is InChI=1S/C27H30N4O4/c1-20-8-10-21(11-9-20)17-26(33)31-14-12-30(13-15-31)19-25(32)29-24-7-3-2-6-23(24)27(34)28-18-22-5-4-16-35-22/h2-11,16H,12-15,17-19H2,1H3,(H,28,34)(H,29,32). The van der Waals surface area contributed by atoms with E-state index in [1.807, 2.05) is 41.0 Å². The number of amides is 3. The molecule has 8 nitrogen and oxygen atoms in total. The van der Waals surface area contributed by atoms with Gasteiger partial charge in [-0.1, -0.05) is 42.0 Å². The molecule has 1 aliphatic rings. The van der Waals surface area contributed by atoms with Gasteiger partial charge < -0.3 is 20.0 Å². The van der Waals surface area contributed by atoms with Crippen molar-refractivity contribution in [3.8, 4) is 0 Å². The number of piperazine rings is 1. The summed E-state index contributed by atoms with van der Waals surface area (Å²) in [7, 11) is 0. The summed E-state index contributed by atoms with van der Waals surface area (Å²) in [6.07, 6.45) is 1.94. The molecule has 0 spiro atoms. The van der Waals surface area contributed by atoms with Crippen LogP contribution in [0.4, 0.5) is 5.69 Å². The Morgan fingerprint density at radius 1 is 0.914 bits per heavy atom. The van der Waals surface area contributed by atoms with E-state index >= 15 is 0 Å². The van der Waals surface area contributed by atoms with Crippen molar-refractivity contribution in [2.75, 3.05) is 38.0 Å². The number of hydrogen-bond acceptors (Lipinski definition) is 5. The number of anilines is 1. The van der Waals surface area contributed by atoms with Crippen molar-refractivity contribution in [2.24, 2.45) is 0 Å². The summed E-state index contributed by atoms with van der Waals surface area (Å²) in [5.41, 5.74) is 3.03. The van der Waals surface area contributed by atoms with Crippen LogP contribution in [-0.2, 0) is 22.6 Å². The number of furan rings is 1. The number of rotatable bonds is 8. The molecule has 2 aromatic carbocycles. The summed E-state index contributed by atoms with van der Waals surface area (Å²) in [5, 5.41) is 5.66. The molecule has 1 fully saturated rings. The van der Waals surface area contributed by atoms with Gasteiger partial charge in [0, 0.05) is 26.2 Å². The molecule has 4 rings (SSSR count). The van der Waals surface area contributed by atoms with E-state index in [2.05, 4.69) is 10.6 Å². The third-order valence-electron chi connectivity index (χ3n) is 6.02. The molecule has 0 radical (unpaired) electrons. The van der Waals surface area contributed by atoms with Crippen molar-refractivity contribution in [3.05, 3.63) is 89.4 Å². The van der Waals surface area contributed by atoms with Gasteiger partial charge in [0.25, 0.3) is 5.91 Å². The second-order valence-electron chi connectivity index (χ2n) is 8.68. The molecular weight excluding hydrogens is 444 g/mol. The molecule has 0 unspecified atom stereocenters. The van der Waals surface area contributed by atoms with Crippen LogP contribution in [0.3, 0.4) is 0 Å². The van der Waals surface area contributed by atoms with E-state index in [-0.39, 0.29) is 30.8 Å². The molecule has 1 saturated heterocycles. The Kier molecular flexibility index (Phi) is 7.95. The topological polar surface area (TPSA) is 94.9 Å². The Morgan fingerprint density at radius 3 is 2.37 bits per heavy atom. The lowest BCUT2D eigenvalue weighted by atomic mass is 10.1. The second kappa shape index (κ2) is 11.5. The van der Waals surface area contributed by atoms with Crippen LogP contribution in [0.1, 0.15) is 27.2 Å². The first-order valence-corrected chi connectivity index (χ1v) is 11.7. The number of hydrogen-bond donors (Lipinski definition) is 2. The highest BCUT2D eigenvalue weighted by atomic mass is 16.3. The zero-order valence-electron chi connectivity index (χ0n) is 19.8. The van der Waals surface area contributed by atoms with E-state index < -0.39 is 0 Å². The van der Waals surface area contributed by atoms with Gasteiger partial charge in [0.1, 0.15) is 5.76 Å². The fraction of sp³-hybridized carbons (Fsp3) is 0.296. The highest BCUT2D eigenvalue weighted by molar-refractivity contribution is 6.04. The Labute approximate surface area is 204 Å². The van der Waals surface area contributed by atoms with E-state index in [1.54, 1.807) is 42.7 Å². The number of aryl methyl sites for hydroxylation is 1. The molecule has 0 aliphatic carbocycles. The zero-order valence-corrected chi connectivity index (χ0v) is 19.8. The number of carbonyl (C=O) groups is 3. The maximum atomic E-state index is 12.7. The van der Waals surface area contributed by atoms with Crippen LogP contribution in [0.5, 0.6) is 0 Å². The number of nitrogens with one attached hydrogen (secondary N) is 2. The molecule has 0 bridgehead atoms. The van der Waals surface area contributed by atoms with Gasteiger partial charge in [-0.25, -0.2) is 0 Å². The van der Waals surface area contributed by atoms with Crippen LogP contribution in [0.2, 0.25) is 0 Å². The molecular formula is C27H30N4O4. The smallest absolute Gasteiger partial charge is 0.253 e. The van der Waals surface area contributed by atoms with E-state index in [9.17, 15) is 14.4 Å². The number of nitrogens with zero attached hydrogens (tertiary/aromatic N) is 2. The van der Waals surface area contributed by atoms with Crippen LogP contribution >= 0.6 is 0 Å². The van der Waals surface area contributed by atoms with Crippen LogP contribution in [0.15, 0.2) is 71.3 Å². The minimum atomic E-state index is -0.294. The summed E-state index contributed by atoms with van der Waals surface area (Å²) in [5.74, 6) is 0.262. The fourth-order valence-electron chi connectivity index (χ4n) is 4.01. The molecule has 3 aromatic rings. The van der Waals surface area contributed by atoms with Crippen molar-refractivity contribution in [3.63, 3.8) is 0 Å². The first-order valence-electron chi connectivity index (χ1n) is 11.7. The lowest BCUT2D eigenvalue weighted by Gasteiger charge is -2.34. The summed E-state index contributed by atoms with van der Waals surface area (Å²) in [4.78, 5) is 41.8. The molecule has 0 atom stereocenters. The average molecular weight is 475 g/mol. The van der Waals surface area contributed by atoms with E-state index in [4.69, 9.17) is 4.42 Å². The Morgan fingerprint density at radius 2 is 1.66 bits per heavy atom. The summed E-state index contributed by atoms with van der Waals surface area (Å²) >= 11 is 0. The van der Waals surface area contributed by atoms with Crippen molar-refractivity contribution in [2.45, 2.75) is 19.9 Å². The second-order valence-corrected chi connectivity index (χ2v) is 8.68. The van der Waals surface area contributed by atoms with Crippen LogP contribution < -0.4 is 10.6 Å². The lowest BCUT2D eigenvalue weighted by molar-refractivity contribution is -0.132. The van der Waals surface area contributed by atoms with Gasteiger partial charge >= 0.3 is 0 Å². The number of benzene rings is 2. The van der Waals surface area contributed by atoms with Crippen molar-refractivity contribution in [1.82, 2.24) is 15.1 Å². The lowest BCUT2D eigenvalue weighted by Crippen LogP contribution is -2.50. The molecule has 182 valence electrons. The third-order valence-corrected chi connectivity index (χ3v) is 6.02. The predicted octanol–water partition coefficient (Wildman–Crippen LogP) is 2.84. The fourth-order valence-corrected chi connectivity index (χ4v) is 4.01. The minimum Gasteiger partial charge on any atom is -0.467 e. The van der Waals surface area contributed by atoms with Crippen molar-refractivity contribution >= 4 is 23.4 Å².